The monoisotopic (exact) mass is 480 g/mol. The van der Waals surface area contributed by atoms with Crippen LogP contribution in [-0.4, -0.2) is 68.4 Å². The van der Waals surface area contributed by atoms with Gasteiger partial charge in [-0.25, -0.2) is 8.42 Å². The van der Waals surface area contributed by atoms with Crippen molar-refractivity contribution < 1.29 is 27.6 Å². The third kappa shape index (κ3) is 5.48. The van der Waals surface area contributed by atoms with Gasteiger partial charge < -0.3 is 24.6 Å². The van der Waals surface area contributed by atoms with Gasteiger partial charge in [-0.2, -0.15) is 0 Å². The average Bonchev–Trinajstić information content (AvgIpc) is 3.12. The van der Waals surface area contributed by atoms with Crippen molar-refractivity contribution >= 4 is 21.6 Å². The predicted octanol–water partition coefficient (Wildman–Crippen LogP) is 1.46. The summed E-state index contributed by atoms with van der Waals surface area (Å²) in [4.78, 5) is 14.8. The summed E-state index contributed by atoms with van der Waals surface area (Å²) in [5.41, 5.74) is 1.12. The number of fused-ring (bicyclic) bond motifs is 1. The van der Waals surface area contributed by atoms with Crippen molar-refractivity contribution in [3.63, 3.8) is 0 Å². The van der Waals surface area contributed by atoms with Crippen molar-refractivity contribution in [2.45, 2.75) is 51.2 Å². The van der Waals surface area contributed by atoms with Gasteiger partial charge in [0.2, 0.25) is 5.91 Å². The molecule has 0 aliphatic carbocycles. The second-order valence-corrected chi connectivity index (χ2v) is 10.1. The van der Waals surface area contributed by atoms with Crippen LogP contribution in [0.5, 0.6) is 5.75 Å². The van der Waals surface area contributed by atoms with Crippen molar-refractivity contribution in [2.24, 2.45) is 5.92 Å². The molecule has 1 aromatic carbocycles. The Labute approximate surface area is 194 Å². The third-order valence-corrected chi connectivity index (χ3v) is 7.44. The third-order valence-electron chi connectivity index (χ3n) is 5.81. The highest BCUT2D eigenvalue weighted by atomic mass is 32.2. The van der Waals surface area contributed by atoms with E-state index in [1.54, 1.807) is 36.9 Å². The Bertz CT molecular complexity index is 1080. The molecule has 1 aliphatic heterocycles. The van der Waals surface area contributed by atoms with Gasteiger partial charge in [0.1, 0.15) is 17.5 Å². The van der Waals surface area contributed by atoms with Crippen molar-refractivity contribution in [1.29, 1.82) is 0 Å². The maximum absolute atomic E-state index is 13.1. The molecule has 0 saturated heterocycles. The number of hydrogen-bond donors (Lipinski definition) is 3. The van der Waals surface area contributed by atoms with Gasteiger partial charge in [0.15, 0.2) is 10.7 Å². The molecule has 3 atom stereocenters. The highest BCUT2D eigenvalue weighted by Gasteiger charge is 2.31. The first-order valence-electron chi connectivity index (χ1n) is 10.9. The van der Waals surface area contributed by atoms with Gasteiger partial charge in [0, 0.05) is 30.3 Å². The van der Waals surface area contributed by atoms with Crippen molar-refractivity contribution in [3.05, 3.63) is 35.2 Å². The van der Waals surface area contributed by atoms with Crippen LogP contribution < -0.4 is 14.8 Å². The first-order chi connectivity index (χ1) is 15.6. The number of nitrogens with one attached hydrogen (secondary N) is 2. The topological polar surface area (TPSA) is 134 Å². The van der Waals surface area contributed by atoms with E-state index in [1.165, 1.54) is 6.92 Å². The fraction of sp³-hybridized carbons (Fsp3) is 0.545. The number of amides is 1. The van der Waals surface area contributed by atoms with Gasteiger partial charge in [0.05, 0.1) is 19.1 Å². The molecule has 2 heterocycles. The number of carbonyl (C=O) groups excluding carboxylic acids is 1. The minimum absolute atomic E-state index is 0.000860. The van der Waals surface area contributed by atoms with E-state index in [2.05, 4.69) is 15.2 Å². The molecule has 0 bridgehead atoms. The van der Waals surface area contributed by atoms with Crippen LogP contribution in [0.2, 0.25) is 0 Å². The fourth-order valence-corrected chi connectivity index (χ4v) is 5.38. The number of nitrogens with zero attached hydrogens (tertiary/aromatic N) is 2. The molecule has 2 aromatic rings. The fourth-order valence-electron chi connectivity index (χ4n) is 4.00. The lowest BCUT2D eigenvalue weighted by molar-refractivity contribution is -0.134. The highest BCUT2D eigenvalue weighted by molar-refractivity contribution is 7.92. The van der Waals surface area contributed by atoms with Crippen molar-refractivity contribution in [1.82, 2.24) is 15.4 Å². The first-order valence-corrected chi connectivity index (χ1v) is 12.4. The maximum atomic E-state index is 13.1. The number of aliphatic hydroxyl groups is 1. The van der Waals surface area contributed by atoms with Crippen LogP contribution in [-0.2, 0) is 21.2 Å². The van der Waals surface area contributed by atoms with E-state index in [1.807, 2.05) is 14.0 Å². The Kier molecular flexibility index (Phi) is 7.65. The zero-order valence-electron chi connectivity index (χ0n) is 19.6. The Balaban J connectivity index is 1.98. The number of sulfonamides is 1. The van der Waals surface area contributed by atoms with Crippen molar-refractivity contribution in [2.75, 3.05) is 31.5 Å². The molecule has 1 aromatic heterocycles. The lowest BCUT2D eigenvalue weighted by Crippen LogP contribution is -2.47. The van der Waals surface area contributed by atoms with Crippen LogP contribution in [0.3, 0.4) is 0 Å². The number of anilines is 1. The normalized spacial score (nSPS) is 20.3. The molecule has 0 unspecified atom stereocenters. The summed E-state index contributed by atoms with van der Waals surface area (Å²) in [5, 5.41) is 16.5. The summed E-state index contributed by atoms with van der Waals surface area (Å²) in [5.74, 6) is 0.552. The molecule has 0 spiro atoms. The van der Waals surface area contributed by atoms with E-state index in [4.69, 9.17) is 9.26 Å². The molecular weight excluding hydrogens is 448 g/mol. The lowest BCUT2D eigenvalue weighted by Gasteiger charge is -2.32. The average molecular weight is 481 g/mol. The molecule has 0 saturated carbocycles. The number of aryl methyl sites for hydroxylation is 2. The smallest absolute Gasteiger partial charge is 0.267 e. The summed E-state index contributed by atoms with van der Waals surface area (Å²) >= 11 is 0. The molecule has 0 fully saturated rings. The number of aromatic nitrogens is 1. The van der Waals surface area contributed by atoms with Gasteiger partial charge in [-0.1, -0.05) is 12.1 Å². The number of aliphatic hydroxyl groups excluding tert-OH is 1. The number of benzene rings is 1. The molecule has 3 N–H and O–H groups in total. The number of likely N-dealkylation sites (N-methyl/N-ethyl adjacent to an activating group) is 1. The Morgan fingerprint density at radius 1 is 1.33 bits per heavy atom. The summed E-state index contributed by atoms with van der Waals surface area (Å²) in [6.45, 7) is 7.74. The number of carbonyl (C=O) groups is 1. The first kappa shape index (κ1) is 25.0. The summed E-state index contributed by atoms with van der Waals surface area (Å²) in [6.07, 6.45) is -0.211. The molecular formula is C22H32N4O6S. The van der Waals surface area contributed by atoms with Crippen LogP contribution in [0.15, 0.2) is 27.6 Å². The SMILES string of the molecule is CNC[C@H]1Oc2ccc(NS(=O)(=O)c3c(C)noc3C)cc2CC(=O)N([C@H](C)CO)C[C@@H]1C. The van der Waals surface area contributed by atoms with Crippen LogP contribution in [0.4, 0.5) is 5.69 Å². The molecule has 0 radical (unpaired) electrons. The Morgan fingerprint density at radius 2 is 2.06 bits per heavy atom. The summed E-state index contributed by atoms with van der Waals surface area (Å²) < 4.78 is 39.7. The minimum Gasteiger partial charge on any atom is -0.488 e. The van der Waals surface area contributed by atoms with E-state index < -0.39 is 10.0 Å². The van der Waals surface area contributed by atoms with Gasteiger partial charge in [0.25, 0.3) is 10.0 Å². The molecule has 11 heteroatoms. The molecule has 1 amide bonds. The molecule has 1 aliphatic rings. The molecule has 10 nitrogen and oxygen atoms in total. The van der Waals surface area contributed by atoms with Gasteiger partial charge >= 0.3 is 0 Å². The van der Waals surface area contributed by atoms with Gasteiger partial charge in [-0.3, -0.25) is 9.52 Å². The molecule has 3 rings (SSSR count). The zero-order chi connectivity index (χ0) is 24.3. The van der Waals surface area contributed by atoms with Gasteiger partial charge in [-0.15, -0.1) is 0 Å². The minimum atomic E-state index is -3.94. The highest BCUT2D eigenvalue weighted by Crippen LogP contribution is 2.30. The Morgan fingerprint density at radius 3 is 2.67 bits per heavy atom. The second-order valence-electron chi connectivity index (χ2n) is 8.53. The van der Waals surface area contributed by atoms with Crippen molar-refractivity contribution in [3.8, 4) is 5.75 Å². The number of rotatable bonds is 7. The Hall–Kier alpha value is -2.63. The second kappa shape index (κ2) is 10.1. The van der Waals surface area contributed by atoms with E-state index in [0.717, 1.165) is 0 Å². The number of hydrogen-bond acceptors (Lipinski definition) is 8. The summed E-state index contributed by atoms with van der Waals surface area (Å²) in [6, 6.07) is 4.54. The van der Waals surface area contributed by atoms with Crippen LogP contribution in [0.1, 0.15) is 30.9 Å². The van der Waals surface area contributed by atoms with Crippen LogP contribution in [0, 0.1) is 19.8 Å². The van der Waals surface area contributed by atoms with E-state index in [9.17, 15) is 18.3 Å². The lowest BCUT2D eigenvalue weighted by atomic mass is 10.0. The van der Waals surface area contributed by atoms with Crippen LogP contribution >= 0.6 is 0 Å². The summed E-state index contributed by atoms with van der Waals surface area (Å²) in [7, 11) is -2.11. The van der Waals surface area contributed by atoms with E-state index in [-0.39, 0.29) is 53.3 Å². The molecule has 33 heavy (non-hydrogen) atoms. The van der Waals surface area contributed by atoms with Gasteiger partial charge in [-0.05, 0) is 46.0 Å². The quantitative estimate of drug-likeness (QED) is 0.542. The van der Waals surface area contributed by atoms with Crippen LogP contribution in [0.25, 0.3) is 0 Å². The van der Waals surface area contributed by atoms with E-state index >= 15 is 0 Å². The van der Waals surface area contributed by atoms with E-state index in [0.29, 0.717) is 30.1 Å². The molecule has 182 valence electrons. The zero-order valence-corrected chi connectivity index (χ0v) is 20.4. The number of ether oxygens (including phenoxy) is 1. The predicted molar refractivity (Wildman–Crippen MR) is 123 cm³/mol. The maximum Gasteiger partial charge on any atom is 0.267 e. The largest absolute Gasteiger partial charge is 0.488 e. The standard InChI is InChI=1S/C22H32N4O6S/c1-13-11-26(14(2)12-27)21(28)9-17-8-18(6-7-19(17)31-20(13)10-23-5)25-33(29,30)22-15(3)24-32-16(22)4/h6-8,13-14,20,23,25,27H,9-12H2,1-5H3/t13-,14+,20+/m0/s1.